The number of rotatable bonds is 3. The molecular weight excluding hydrogens is 172 g/mol. The third-order valence-corrected chi connectivity index (χ3v) is 2.58. The van der Waals surface area contributed by atoms with Crippen LogP contribution in [0.15, 0.2) is 11.7 Å². The van der Waals surface area contributed by atoms with Gasteiger partial charge in [0.15, 0.2) is 0 Å². The Kier molecular flexibility index (Phi) is 3.20. The van der Waals surface area contributed by atoms with Crippen LogP contribution < -0.4 is 0 Å². The molecule has 2 atom stereocenters. The van der Waals surface area contributed by atoms with Crippen molar-refractivity contribution in [3.05, 3.63) is 16.6 Å². The quantitative estimate of drug-likeness (QED) is 0.774. The molecule has 64 valence electrons. The van der Waals surface area contributed by atoms with Gasteiger partial charge in [-0.3, -0.25) is 4.98 Å². The summed E-state index contributed by atoms with van der Waals surface area (Å²) in [6.07, 6.45) is 1.60. The second-order valence-corrected chi connectivity index (χ2v) is 3.41. The average molecular weight is 182 g/mol. The number of hydrogen-bond acceptors (Lipinski definition) is 4. The van der Waals surface area contributed by atoms with Gasteiger partial charge < -0.3 is 5.11 Å². The molecule has 0 aliphatic heterocycles. The molecule has 0 spiro atoms. The van der Waals surface area contributed by atoms with E-state index in [0.29, 0.717) is 6.42 Å². The fourth-order valence-electron chi connectivity index (χ4n) is 0.955. The van der Waals surface area contributed by atoms with Gasteiger partial charge in [-0.2, -0.15) is 5.26 Å². The van der Waals surface area contributed by atoms with E-state index in [1.165, 1.54) is 11.3 Å². The topological polar surface area (TPSA) is 56.9 Å². The van der Waals surface area contributed by atoms with Gasteiger partial charge in [-0.25, -0.2) is 0 Å². The van der Waals surface area contributed by atoms with Gasteiger partial charge in [-0.1, -0.05) is 6.92 Å². The highest BCUT2D eigenvalue weighted by atomic mass is 32.1. The predicted molar refractivity (Wildman–Crippen MR) is 46.5 cm³/mol. The van der Waals surface area contributed by atoms with E-state index in [2.05, 4.69) is 11.1 Å². The summed E-state index contributed by atoms with van der Waals surface area (Å²) < 4.78 is 0. The van der Waals surface area contributed by atoms with Crippen molar-refractivity contribution in [2.45, 2.75) is 19.4 Å². The summed E-state index contributed by atoms with van der Waals surface area (Å²) in [5, 5.41) is 18.3. The average Bonchev–Trinajstić information content (AvgIpc) is 2.58. The maximum atomic E-state index is 9.62. The van der Waals surface area contributed by atoms with Gasteiger partial charge in [0.05, 0.1) is 22.4 Å². The first kappa shape index (κ1) is 9.17. The molecule has 1 rings (SSSR count). The van der Waals surface area contributed by atoms with Crippen LogP contribution >= 0.6 is 11.3 Å². The molecule has 1 N–H and O–H groups in total. The summed E-state index contributed by atoms with van der Waals surface area (Å²) in [5.74, 6) is -0.314. The minimum absolute atomic E-state index is 0.314. The van der Waals surface area contributed by atoms with Crippen LogP contribution in [0.3, 0.4) is 0 Å². The third-order valence-electron chi connectivity index (χ3n) is 1.73. The van der Waals surface area contributed by atoms with Crippen molar-refractivity contribution in [3.8, 4) is 6.07 Å². The van der Waals surface area contributed by atoms with E-state index < -0.39 is 6.10 Å². The van der Waals surface area contributed by atoms with Gasteiger partial charge in [-0.05, 0) is 6.42 Å². The van der Waals surface area contributed by atoms with Crippen LogP contribution in [0.2, 0.25) is 0 Å². The smallest absolute Gasteiger partial charge is 0.106 e. The third kappa shape index (κ3) is 1.81. The van der Waals surface area contributed by atoms with Crippen molar-refractivity contribution in [2.75, 3.05) is 0 Å². The lowest BCUT2D eigenvalue weighted by atomic mass is 10.0. The zero-order chi connectivity index (χ0) is 8.97. The number of aromatic nitrogens is 1. The minimum atomic E-state index is -0.674. The van der Waals surface area contributed by atoms with Gasteiger partial charge in [0.1, 0.15) is 6.10 Å². The van der Waals surface area contributed by atoms with Crippen molar-refractivity contribution >= 4 is 11.3 Å². The normalized spacial score (nSPS) is 15.1. The monoisotopic (exact) mass is 182 g/mol. The second kappa shape index (κ2) is 4.19. The number of hydrogen-bond donors (Lipinski definition) is 1. The van der Waals surface area contributed by atoms with Gasteiger partial charge in [0, 0.05) is 6.20 Å². The standard InChI is InChI=1S/C8H10N2OS/c1-2-6(3-9)8(11)7-4-10-5-12-7/h4-6,8,11H,2H2,1H3. The van der Waals surface area contributed by atoms with Gasteiger partial charge in [0.25, 0.3) is 0 Å². The first-order valence-electron chi connectivity index (χ1n) is 3.75. The number of aliphatic hydroxyl groups excluding tert-OH is 1. The fraction of sp³-hybridized carbons (Fsp3) is 0.500. The summed E-state index contributed by atoms with van der Waals surface area (Å²) >= 11 is 1.38. The molecule has 0 saturated heterocycles. The number of nitrogens with zero attached hydrogens (tertiary/aromatic N) is 2. The highest BCUT2D eigenvalue weighted by Gasteiger charge is 2.19. The molecule has 2 unspecified atom stereocenters. The predicted octanol–water partition coefficient (Wildman–Crippen LogP) is 1.73. The summed E-state index contributed by atoms with van der Waals surface area (Å²) in [6, 6.07) is 2.07. The van der Waals surface area contributed by atoms with E-state index in [0.717, 1.165) is 4.88 Å². The lowest BCUT2D eigenvalue weighted by Crippen LogP contribution is -2.07. The van der Waals surface area contributed by atoms with Crippen molar-refractivity contribution in [1.29, 1.82) is 5.26 Å². The molecule has 3 nitrogen and oxygen atoms in total. The fourth-order valence-corrected chi connectivity index (χ4v) is 1.62. The van der Waals surface area contributed by atoms with Crippen LogP contribution in [0.5, 0.6) is 0 Å². The Balaban J connectivity index is 2.71. The molecular formula is C8H10N2OS. The molecule has 0 aliphatic rings. The van der Waals surface area contributed by atoms with Crippen LogP contribution in [0, 0.1) is 17.2 Å². The maximum Gasteiger partial charge on any atom is 0.106 e. The van der Waals surface area contributed by atoms with E-state index >= 15 is 0 Å². The van der Waals surface area contributed by atoms with Gasteiger partial charge in [-0.15, -0.1) is 11.3 Å². The lowest BCUT2D eigenvalue weighted by Gasteiger charge is -2.11. The summed E-state index contributed by atoms with van der Waals surface area (Å²) in [7, 11) is 0. The Labute approximate surface area is 75.3 Å². The van der Waals surface area contributed by atoms with Gasteiger partial charge in [0.2, 0.25) is 0 Å². The highest BCUT2D eigenvalue weighted by Crippen LogP contribution is 2.26. The van der Waals surface area contributed by atoms with E-state index in [1.54, 1.807) is 11.7 Å². The Hall–Kier alpha value is -0.920. The Morgan fingerprint density at radius 3 is 3.00 bits per heavy atom. The molecule has 4 heteroatoms. The molecule has 0 saturated carbocycles. The Bertz CT molecular complexity index is 265. The number of nitriles is 1. The summed E-state index contributed by atoms with van der Waals surface area (Å²) in [5.41, 5.74) is 1.66. The summed E-state index contributed by atoms with van der Waals surface area (Å²) in [4.78, 5) is 4.61. The van der Waals surface area contributed by atoms with Crippen molar-refractivity contribution in [3.63, 3.8) is 0 Å². The maximum absolute atomic E-state index is 9.62. The molecule has 1 heterocycles. The molecule has 0 bridgehead atoms. The van der Waals surface area contributed by atoms with E-state index in [4.69, 9.17) is 5.26 Å². The minimum Gasteiger partial charge on any atom is -0.386 e. The Morgan fingerprint density at radius 1 is 1.83 bits per heavy atom. The molecule has 0 radical (unpaired) electrons. The van der Waals surface area contributed by atoms with Crippen molar-refractivity contribution in [2.24, 2.45) is 5.92 Å². The second-order valence-electron chi connectivity index (χ2n) is 2.49. The van der Waals surface area contributed by atoms with Crippen LogP contribution in [-0.4, -0.2) is 10.1 Å². The van der Waals surface area contributed by atoms with Crippen LogP contribution in [0.25, 0.3) is 0 Å². The number of aliphatic hydroxyl groups is 1. The Morgan fingerprint density at radius 2 is 2.58 bits per heavy atom. The molecule has 0 aliphatic carbocycles. The van der Waals surface area contributed by atoms with Crippen LogP contribution in [-0.2, 0) is 0 Å². The SMILES string of the molecule is CCC(C#N)C(O)c1cncs1. The first-order valence-corrected chi connectivity index (χ1v) is 4.63. The number of thiazole rings is 1. The zero-order valence-electron chi connectivity index (χ0n) is 6.77. The van der Waals surface area contributed by atoms with E-state index in [9.17, 15) is 5.11 Å². The van der Waals surface area contributed by atoms with Crippen molar-refractivity contribution in [1.82, 2.24) is 4.98 Å². The van der Waals surface area contributed by atoms with Crippen LogP contribution in [0.1, 0.15) is 24.3 Å². The molecule has 1 aromatic rings. The first-order chi connectivity index (χ1) is 5.79. The molecule has 12 heavy (non-hydrogen) atoms. The zero-order valence-corrected chi connectivity index (χ0v) is 7.58. The van der Waals surface area contributed by atoms with E-state index in [-0.39, 0.29) is 5.92 Å². The largest absolute Gasteiger partial charge is 0.386 e. The lowest BCUT2D eigenvalue weighted by molar-refractivity contribution is 0.136. The molecule has 1 aromatic heterocycles. The van der Waals surface area contributed by atoms with Crippen LogP contribution in [0.4, 0.5) is 0 Å². The molecule has 0 fully saturated rings. The molecule has 0 amide bonds. The highest BCUT2D eigenvalue weighted by molar-refractivity contribution is 7.09. The van der Waals surface area contributed by atoms with Gasteiger partial charge >= 0.3 is 0 Å². The van der Waals surface area contributed by atoms with Crippen molar-refractivity contribution < 1.29 is 5.11 Å². The molecule has 0 aromatic carbocycles. The summed E-state index contributed by atoms with van der Waals surface area (Å²) in [6.45, 7) is 1.89. The van der Waals surface area contributed by atoms with E-state index in [1.807, 2.05) is 6.92 Å².